The Morgan fingerprint density at radius 3 is 2.51 bits per heavy atom. The monoisotopic (exact) mass is 529 g/mol. The zero-order valence-corrected chi connectivity index (χ0v) is 22.9. The van der Waals surface area contributed by atoms with E-state index in [0.717, 1.165) is 51.5 Å². The smallest absolute Gasteiger partial charge is 0.261 e. The molecule has 1 N–H and O–H groups in total. The topological polar surface area (TPSA) is 85.5 Å². The number of ether oxygens (including phenoxy) is 3. The van der Waals surface area contributed by atoms with Crippen molar-refractivity contribution in [1.82, 2.24) is 9.47 Å². The molecule has 8 nitrogen and oxygen atoms in total. The van der Waals surface area contributed by atoms with Crippen molar-refractivity contribution in [2.45, 2.75) is 25.7 Å². The first kappa shape index (κ1) is 27.0. The number of aliphatic imine (C=N–C) groups is 1. The molecule has 1 aromatic heterocycles. The predicted molar refractivity (Wildman–Crippen MR) is 155 cm³/mol. The highest BCUT2D eigenvalue weighted by atomic mass is 16.5. The molecular weight excluding hydrogens is 494 g/mol. The average Bonchev–Trinajstić information content (AvgIpc) is 3.37. The summed E-state index contributed by atoms with van der Waals surface area (Å²) in [5.74, 6) is -0.000490. The Morgan fingerprint density at radius 2 is 1.79 bits per heavy atom. The Hall–Kier alpha value is -3.56. The standard InChI is InChI=1S/C31H35N3O5/c1-33(2)13-6-14-34-30(35)24-8-5-7-23-25-15-27(32-28(25)16-26(29(23)24)31(34)36)21-11-9-20(10-12-21)17-39-19-22(38-4)18-37-3/h5,7-12,15-16,22,36H,6,13-14,17-19H2,1-4H3. The van der Waals surface area contributed by atoms with Crippen molar-refractivity contribution in [3.8, 4) is 5.88 Å². The van der Waals surface area contributed by atoms with Gasteiger partial charge in [0.05, 0.1) is 31.2 Å². The van der Waals surface area contributed by atoms with Crippen molar-refractivity contribution >= 4 is 39.0 Å². The normalized spacial score (nSPS) is 13.7. The SMILES string of the molecule is COCC(COCc1ccc(C2=Nc3cc4c(O)n(CCCN(C)C)c(=O)c5cccc(c3=C2)c45)cc1)OC. The van der Waals surface area contributed by atoms with Crippen molar-refractivity contribution in [2.24, 2.45) is 4.99 Å². The van der Waals surface area contributed by atoms with Crippen LogP contribution in [0.15, 0.2) is 58.3 Å². The van der Waals surface area contributed by atoms with Crippen molar-refractivity contribution in [3.05, 3.63) is 75.2 Å². The van der Waals surface area contributed by atoms with Gasteiger partial charge in [-0.05, 0) is 56.2 Å². The van der Waals surface area contributed by atoms with E-state index in [-0.39, 0.29) is 17.5 Å². The largest absolute Gasteiger partial charge is 0.494 e. The summed E-state index contributed by atoms with van der Waals surface area (Å²) >= 11 is 0. The maximum absolute atomic E-state index is 13.3. The Bertz CT molecular complexity index is 1620. The van der Waals surface area contributed by atoms with Gasteiger partial charge in [-0.1, -0.05) is 36.4 Å². The van der Waals surface area contributed by atoms with Gasteiger partial charge in [-0.2, -0.15) is 0 Å². The highest BCUT2D eigenvalue weighted by molar-refractivity contribution is 6.26. The number of aromatic hydroxyl groups is 1. The van der Waals surface area contributed by atoms with Crippen LogP contribution in [0.2, 0.25) is 0 Å². The van der Waals surface area contributed by atoms with Crippen LogP contribution in [0.4, 0.5) is 5.69 Å². The Balaban J connectivity index is 1.44. The molecule has 39 heavy (non-hydrogen) atoms. The third kappa shape index (κ3) is 5.46. The number of aromatic nitrogens is 1. The number of benzene rings is 3. The van der Waals surface area contributed by atoms with E-state index >= 15 is 0 Å². The molecule has 0 saturated carbocycles. The van der Waals surface area contributed by atoms with Gasteiger partial charge in [0.15, 0.2) is 0 Å². The van der Waals surface area contributed by atoms with E-state index in [9.17, 15) is 9.90 Å². The number of rotatable bonds is 12. The molecule has 0 aliphatic carbocycles. The zero-order valence-electron chi connectivity index (χ0n) is 22.9. The highest BCUT2D eigenvalue weighted by Gasteiger charge is 2.20. The molecule has 4 aromatic rings. The predicted octanol–water partition coefficient (Wildman–Crippen LogP) is 3.62. The summed E-state index contributed by atoms with van der Waals surface area (Å²) in [7, 11) is 7.28. The number of fused-ring (bicyclic) bond motifs is 2. The molecule has 0 saturated heterocycles. The Labute approximate surface area is 227 Å². The van der Waals surface area contributed by atoms with E-state index < -0.39 is 0 Å². The summed E-state index contributed by atoms with van der Waals surface area (Å²) in [6.45, 7) is 2.70. The lowest BCUT2D eigenvalue weighted by molar-refractivity contribution is -0.0347. The third-order valence-corrected chi connectivity index (χ3v) is 7.17. The van der Waals surface area contributed by atoms with Crippen molar-refractivity contribution in [1.29, 1.82) is 0 Å². The number of hydrogen-bond acceptors (Lipinski definition) is 7. The molecule has 0 radical (unpaired) electrons. The van der Waals surface area contributed by atoms with Crippen molar-refractivity contribution < 1.29 is 19.3 Å². The maximum Gasteiger partial charge on any atom is 0.261 e. The molecule has 1 unspecified atom stereocenters. The van der Waals surface area contributed by atoms with E-state index in [4.69, 9.17) is 19.2 Å². The van der Waals surface area contributed by atoms with Gasteiger partial charge in [0, 0.05) is 47.7 Å². The van der Waals surface area contributed by atoms with E-state index in [1.54, 1.807) is 14.2 Å². The van der Waals surface area contributed by atoms with Gasteiger partial charge in [0.25, 0.3) is 5.56 Å². The first-order chi connectivity index (χ1) is 18.9. The Morgan fingerprint density at radius 1 is 1.03 bits per heavy atom. The minimum absolute atomic E-state index is 0.000490. The third-order valence-electron chi connectivity index (χ3n) is 7.17. The number of methoxy groups -OCH3 is 2. The lowest BCUT2D eigenvalue weighted by Crippen LogP contribution is -2.23. The molecule has 1 atom stereocenters. The summed E-state index contributed by atoms with van der Waals surface area (Å²) < 4.78 is 17.7. The maximum atomic E-state index is 13.3. The highest BCUT2D eigenvalue weighted by Crippen LogP contribution is 2.33. The van der Waals surface area contributed by atoms with Crippen LogP contribution in [0.25, 0.3) is 27.6 Å². The molecule has 5 rings (SSSR count). The van der Waals surface area contributed by atoms with E-state index in [2.05, 4.69) is 11.0 Å². The first-order valence-electron chi connectivity index (χ1n) is 13.2. The van der Waals surface area contributed by atoms with Crippen molar-refractivity contribution in [2.75, 3.05) is 48.1 Å². The molecule has 1 aliphatic rings. The van der Waals surface area contributed by atoms with Crippen LogP contribution < -0.4 is 10.8 Å². The Kier molecular flexibility index (Phi) is 8.09. The summed E-state index contributed by atoms with van der Waals surface area (Å²) in [4.78, 5) is 20.3. The van der Waals surface area contributed by atoms with Gasteiger partial charge in [-0.3, -0.25) is 9.36 Å². The fourth-order valence-corrected chi connectivity index (χ4v) is 5.13. The van der Waals surface area contributed by atoms with Gasteiger partial charge >= 0.3 is 0 Å². The quantitative estimate of drug-likeness (QED) is 0.302. The lowest BCUT2D eigenvalue weighted by atomic mass is 9.99. The van der Waals surface area contributed by atoms with Gasteiger partial charge < -0.3 is 24.2 Å². The van der Waals surface area contributed by atoms with E-state index in [1.807, 2.05) is 62.6 Å². The molecule has 0 amide bonds. The first-order valence-corrected chi connectivity index (χ1v) is 13.2. The minimum Gasteiger partial charge on any atom is -0.494 e. The van der Waals surface area contributed by atoms with Crippen LogP contribution in [0.1, 0.15) is 17.5 Å². The molecule has 0 bridgehead atoms. The van der Waals surface area contributed by atoms with Crippen LogP contribution in [0.3, 0.4) is 0 Å². The lowest BCUT2D eigenvalue weighted by Gasteiger charge is -2.16. The second kappa shape index (κ2) is 11.7. The van der Waals surface area contributed by atoms with Crippen LogP contribution in [0.5, 0.6) is 5.88 Å². The van der Waals surface area contributed by atoms with Gasteiger partial charge in [-0.25, -0.2) is 4.99 Å². The number of hydrogen-bond donors (Lipinski definition) is 1. The average molecular weight is 530 g/mol. The van der Waals surface area contributed by atoms with Crippen LogP contribution in [0, 0.1) is 0 Å². The van der Waals surface area contributed by atoms with Crippen LogP contribution in [-0.2, 0) is 27.4 Å². The molecule has 0 spiro atoms. The summed E-state index contributed by atoms with van der Waals surface area (Å²) in [6, 6.07) is 15.8. The van der Waals surface area contributed by atoms with Gasteiger partial charge in [0.1, 0.15) is 6.10 Å². The zero-order chi connectivity index (χ0) is 27.5. The molecular formula is C31H35N3O5. The molecule has 1 aliphatic heterocycles. The fourth-order valence-electron chi connectivity index (χ4n) is 5.13. The van der Waals surface area contributed by atoms with E-state index in [0.29, 0.717) is 37.1 Å². The summed E-state index contributed by atoms with van der Waals surface area (Å²) in [6.07, 6.45) is 2.72. The molecule has 2 heterocycles. The van der Waals surface area contributed by atoms with Crippen LogP contribution in [-0.4, -0.2) is 74.5 Å². The summed E-state index contributed by atoms with van der Waals surface area (Å²) in [5, 5.41) is 15.1. The van der Waals surface area contributed by atoms with Crippen molar-refractivity contribution in [3.63, 3.8) is 0 Å². The number of pyridine rings is 1. The second-order valence-corrected chi connectivity index (χ2v) is 10.2. The van der Waals surface area contributed by atoms with Gasteiger partial charge in [-0.15, -0.1) is 0 Å². The number of nitrogens with zero attached hydrogens (tertiary/aromatic N) is 3. The van der Waals surface area contributed by atoms with Gasteiger partial charge in [0.2, 0.25) is 5.88 Å². The minimum atomic E-state index is -0.166. The molecule has 0 fully saturated rings. The van der Waals surface area contributed by atoms with Crippen LogP contribution >= 0.6 is 0 Å². The molecule has 8 heteroatoms. The molecule has 3 aromatic carbocycles. The van der Waals surface area contributed by atoms with E-state index in [1.165, 1.54) is 4.57 Å². The fraction of sp³-hybridized carbons (Fsp3) is 0.355. The molecule has 204 valence electrons. The summed E-state index contributed by atoms with van der Waals surface area (Å²) in [5.41, 5.74) is 3.50. The second-order valence-electron chi connectivity index (χ2n) is 10.2.